The summed E-state index contributed by atoms with van der Waals surface area (Å²) in [5.74, 6) is 2.45. The molecular weight excluding hydrogens is 389 g/mol. The van der Waals surface area contributed by atoms with Crippen molar-refractivity contribution in [3.8, 4) is 0 Å². The minimum atomic E-state index is 0. The lowest BCUT2D eigenvalue weighted by molar-refractivity contribution is 0.656. The Balaban J connectivity index is 0.00000242. The molecule has 2 aromatic rings. The first-order valence-electron chi connectivity index (χ1n) is 7.65. The third-order valence-corrected chi connectivity index (χ3v) is 3.05. The van der Waals surface area contributed by atoms with Crippen LogP contribution in [0, 0.1) is 5.92 Å². The monoisotopic (exact) mass is 415 g/mol. The van der Waals surface area contributed by atoms with Crippen LogP contribution in [-0.4, -0.2) is 35.6 Å². The molecule has 0 saturated heterocycles. The topological polar surface area (TPSA) is 65.1 Å². The fraction of sp³-hybridized carbons (Fsp3) is 0.500. The molecule has 0 aliphatic heterocycles. The maximum atomic E-state index is 4.57. The van der Waals surface area contributed by atoms with Crippen LogP contribution in [0.5, 0.6) is 0 Å². The zero-order valence-electron chi connectivity index (χ0n) is 13.5. The van der Waals surface area contributed by atoms with E-state index >= 15 is 0 Å². The zero-order chi connectivity index (χ0) is 15.1. The van der Waals surface area contributed by atoms with Gasteiger partial charge in [-0.2, -0.15) is 0 Å². The van der Waals surface area contributed by atoms with Crippen molar-refractivity contribution in [2.24, 2.45) is 10.9 Å². The fourth-order valence-electron chi connectivity index (χ4n) is 2.04. The van der Waals surface area contributed by atoms with Gasteiger partial charge < -0.3 is 15.6 Å². The van der Waals surface area contributed by atoms with Gasteiger partial charge in [0.1, 0.15) is 5.82 Å². The number of aromatic amines is 1. The Labute approximate surface area is 149 Å². The number of aromatic nitrogens is 2. The molecule has 0 unspecified atom stereocenters. The Morgan fingerprint density at radius 1 is 1.27 bits per heavy atom. The summed E-state index contributed by atoms with van der Waals surface area (Å²) in [4.78, 5) is 12.5. The van der Waals surface area contributed by atoms with E-state index in [1.54, 1.807) is 0 Å². The molecule has 0 bridgehead atoms. The number of hydrogen-bond acceptors (Lipinski definition) is 2. The molecule has 1 heterocycles. The number of nitrogens with one attached hydrogen (secondary N) is 3. The molecular formula is C16H26IN5. The van der Waals surface area contributed by atoms with Crippen molar-refractivity contribution < 1.29 is 0 Å². The van der Waals surface area contributed by atoms with E-state index in [0.717, 1.165) is 48.9 Å². The zero-order valence-corrected chi connectivity index (χ0v) is 15.8. The Morgan fingerprint density at radius 3 is 2.73 bits per heavy atom. The summed E-state index contributed by atoms with van der Waals surface area (Å²) in [5.41, 5.74) is 2.11. The summed E-state index contributed by atoms with van der Waals surface area (Å²) in [6, 6.07) is 8.10. The van der Waals surface area contributed by atoms with Crippen LogP contribution in [0.4, 0.5) is 0 Å². The highest BCUT2D eigenvalue weighted by atomic mass is 127. The molecule has 2 rings (SSSR count). The maximum absolute atomic E-state index is 4.57. The predicted molar refractivity (Wildman–Crippen MR) is 104 cm³/mol. The van der Waals surface area contributed by atoms with E-state index in [1.807, 2.05) is 24.3 Å². The molecule has 0 spiro atoms. The Morgan fingerprint density at radius 2 is 2.05 bits per heavy atom. The minimum Gasteiger partial charge on any atom is -0.357 e. The van der Waals surface area contributed by atoms with Gasteiger partial charge in [-0.3, -0.25) is 4.99 Å². The summed E-state index contributed by atoms with van der Waals surface area (Å²) < 4.78 is 0. The third kappa shape index (κ3) is 5.82. The summed E-state index contributed by atoms with van der Waals surface area (Å²) in [6.07, 6.45) is 0.848. The van der Waals surface area contributed by atoms with E-state index in [1.165, 1.54) is 0 Å². The number of para-hydroxylation sites is 2. The van der Waals surface area contributed by atoms with Crippen molar-refractivity contribution in [3.63, 3.8) is 0 Å². The molecule has 6 heteroatoms. The smallest absolute Gasteiger partial charge is 0.191 e. The molecule has 0 amide bonds. The number of rotatable bonds is 6. The highest BCUT2D eigenvalue weighted by molar-refractivity contribution is 14.0. The van der Waals surface area contributed by atoms with Gasteiger partial charge in [0.15, 0.2) is 5.96 Å². The normalized spacial score (nSPS) is 11.5. The largest absolute Gasteiger partial charge is 0.357 e. The number of aliphatic imine (C=N–C) groups is 1. The quantitative estimate of drug-likeness (QED) is 0.386. The second-order valence-corrected chi connectivity index (χ2v) is 5.49. The van der Waals surface area contributed by atoms with Crippen molar-refractivity contribution in [2.75, 3.05) is 19.6 Å². The van der Waals surface area contributed by atoms with Crippen LogP contribution in [0.25, 0.3) is 11.0 Å². The van der Waals surface area contributed by atoms with Crippen LogP contribution >= 0.6 is 24.0 Å². The molecule has 1 aromatic carbocycles. The van der Waals surface area contributed by atoms with Crippen molar-refractivity contribution >= 4 is 41.0 Å². The molecule has 1 aromatic heterocycles. The van der Waals surface area contributed by atoms with Gasteiger partial charge in [-0.05, 0) is 25.0 Å². The van der Waals surface area contributed by atoms with Gasteiger partial charge in [-0.25, -0.2) is 4.98 Å². The second kappa shape index (κ2) is 9.66. The SMILES string of the molecule is CCNC(=NCC(C)C)NCCc1nc2ccccc2[nH]1.I. The van der Waals surface area contributed by atoms with Crippen LogP contribution in [0.15, 0.2) is 29.3 Å². The van der Waals surface area contributed by atoms with E-state index in [0.29, 0.717) is 5.92 Å². The number of imidazole rings is 1. The Kier molecular flexibility index (Phi) is 8.22. The Hall–Kier alpha value is -1.31. The molecule has 0 aliphatic rings. The molecule has 0 aliphatic carbocycles. The number of nitrogens with zero attached hydrogens (tertiary/aromatic N) is 2. The van der Waals surface area contributed by atoms with E-state index in [-0.39, 0.29) is 24.0 Å². The first kappa shape index (κ1) is 18.7. The van der Waals surface area contributed by atoms with E-state index in [9.17, 15) is 0 Å². The van der Waals surface area contributed by atoms with E-state index in [2.05, 4.69) is 46.4 Å². The predicted octanol–water partition coefficient (Wildman–Crippen LogP) is 2.93. The van der Waals surface area contributed by atoms with E-state index in [4.69, 9.17) is 0 Å². The van der Waals surface area contributed by atoms with Gasteiger partial charge in [-0.1, -0.05) is 26.0 Å². The highest BCUT2D eigenvalue weighted by Crippen LogP contribution is 2.10. The maximum Gasteiger partial charge on any atom is 0.191 e. The van der Waals surface area contributed by atoms with Gasteiger partial charge in [0.2, 0.25) is 0 Å². The lowest BCUT2D eigenvalue weighted by atomic mass is 10.2. The van der Waals surface area contributed by atoms with Gasteiger partial charge in [0.25, 0.3) is 0 Å². The molecule has 22 heavy (non-hydrogen) atoms. The molecule has 3 N–H and O–H groups in total. The lowest BCUT2D eigenvalue weighted by Gasteiger charge is -2.11. The van der Waals surface area contributed by atoms with Crippen molar-refractivity contribution in [3.05, 3.63) is 30.1 Å². The molecule has 0 saturated carbocycles. The number of hydrogen-bond donors (Lipinski definition) is 3. The average Bonchev–Trinajstić information content (AvgIpc) is 2.87. The minimum absolute atomic E-state index is 0. The third-order valence-electron chi connectivity index (χ3n) is 3.05. The average molecular weight is 415 g/mol. The first-order valence-corrected chi connectivity index (χ1v) is 7.65. The molecule has 0 atom stereocenters. The van der Waals surface area contributed by atoms with Gasteiger partial charge in [0.05, 0.1) is 11.0 Å². The summed E-state index contributed by atoms with van der Waals surface area (Å²) in [6.45, 7) is 8.92. The van der Waals surface area contributed by atoms with Crippen molar-refractivity contribution in [1.29, 1.82) is 0 Å². The van der Waals surface area contributed by atoms with Crippen LogP contribution in [0.1, 0.15) is 26.6 Å². The van der Waals surface area contributed by atoms with Gasteiger partial charge in [0, 0.05) is 26.1 Å². The lowest BCUT2D eigenvalue weighted by Crippen LogP contribution is -2.38. The molecule has 5 nitrogen and oxygen atoms in total. The Bertz CT molecular complexity index is 558. The number of H-pyrrole nitrogens is 1. The number of guanidine groups is 1. The van der Waals surface area contributed by atoms with Crippen LogP contribution < -0.4 is 10.6 Å². The van der Waals surface area contributed by atoms with Gasteiger partial charge >= 0.3 is 0 Å². The molecule has 0 radical (unpaired) electrons. The number of benzene rings is 1. The van der Waals surface area contributed by atoms with Gasteiger partial charge in [-0.15, -0.1) is 24.0 Å². The summed E-state index contributed by atoms with van der Waals surface area (Å²) >= 11 is 0. The van der Waals surface area contributed by atoms with Crippen LogP contribution in [0.3, 0.4) is 0 Å². The number of halogens is 1. The number of fused-ring (bicyclic) bond motifs is 1. The molecule has 122 valence electrons. The standard InChI is InChI=1S/C16H25N5.HI/c1-4-17-16(19-11-12(2)3)18-10-9-15-20-13-7-5-6-8-14(13)21-15;/h5-8,12H,4,9-11H2,1-3H3,(H,20,21)(H2,17,18,19);1H. The summed E-state index contributed by atoms with van der Waals surface area (Å²) in [5, 5.41) is 6.61. The fourth-order valence-corrected chi connectivity index (χ4v) is 2.04. The van der Waals surface area contributed by atoms with E-state index < -0.39 is 0 Å². The van der Waals surface area contributed by atoms with Crippen LogP contribution in [-0.2, 0) is 6.42 Å². The highest BCUT2D eigenvalue weighted by Gasteiger charge is 2.03. The second-order valence-electron chi connectivity index (χ2n) is 5.49. The first-order chi connectivity index (χ1) is 10.2. The van der Waals surface area contributed by atoms with Crippen molar-refractivity contribution in [2.45, 2.75) is 27.2 Å². The molecule has 0 fully saturated rings. The summed E-state index contributed by atoms with van der Waals surface area (Å²) in [7, 11) is 0. The van der Waals surface area contributed by atoms with Crippen molar-refractivity contribution in [1.82, 2.24) is 20.6 Å². The van der Waals surface area contributed by atoms with Crippen LogP contribution in [0.2, 0.25) is 0 Å².